The first-order valence-electron chi connectivity index (χ1n) is 30.8. The van der Waals surface area contributed by atoms with E-state index in [1.165, 1.54) is 225 Å². The molecule has 0 aliphatic heterocycles. The number of hydrogen-bond donors (Lipinski definition) is 0. The lowest BCUT2D eigenvalue weighted by atomic mass is 10.0. The minimum Gasteiger partial charge on any atom is -0.462 e. The SMILES string of the molecule is CCCCC/C=C\C/C=C\CCCCCCCC(=O)OC[C@H](COC(=O)CCCCCCCCCCCCCCCCCCC)OC(=O)CCCCCCCCCCCCCCCCCCCCC. The Hall–Kier alpha value is -2.11. The molecular formula is C63H118O6. The van der Waals surface area contributed by atoms with Crippen LogP contribution < -0.4 is 0 Å². The minimum absolute atomic E-state index is 0.0697. The van der Waals surface area contributed by atoms with Crippen molar-refractivity contribution >= 4 is 17.9 Å². The van der Waals surface area contributed by atoms with Crippen LogP contribution in [0.4, 0.5) is 0 Å². The Bertz CT molecular complexity index is 1110. The minimum atomic E-state index is -0.772. The molecule has 0 aliphatic carbocycles. The Morgan fingerprint density at radius 2 is 0.522 bits per heavy atom. The topological polar surface area (TPSA) is 78.9 Å². The molecule has 0 bridgehead atoms. The second-order valence-electron chi connectivity index (χ2n) is 21.0. The molecule has 0 spiro atoms. The van der Waals surface area contributed by atoms with Gasteiger partial charge in [0.15, 0.2) is 6.10 Å². The summed E-state index contributed by atoms with van der Waals surface area (Å²) >= 11 is 0. The highest BCUT2D eigenvalue weighted by Gasteiger charge is 2.19. The molecule has 0 heterocycles. The van der Waals surface area contributed by atoms with E-state index in [0.29, 0.717) is 19.3 Å². The number of ether oxygens (including phenoxy) is 3. The monoisotopic (exact) mass is 971 g/mol. The molecule has 0 saturated heterocycles. The molecule has 0 fully saturated rings. The Balaban J connectivity index is 4.32. The van der Waals surface area contributed by atoms with Crippen LogP contribution in [-0.2, 0) is 28.6 Å². The van der Waals surface area contributed by atoms with Gasteiger partial charge in [0.05, 0.1) is 0 Å². The smallest absolute Gasteiger partial charge is 0.306 e. The van der Waals surface area contributed by atoms with Gasteiger partial charge < -0.3 is 14.2 Å². The first-order chi connectivity index (χ1) is 34.0. The second kappa shape index (κ2) is 58.5. The largest absolute Gasteiger partial charge is 0.462 e. The summed E-state index contributed by atoms with van der Waals surface area (Å²) in [5.74, 6) is -0.858. The first-order valence-corrected chi connectivity index (χ1v) is 30.8. The molecule has 0 aromatic carbocycles. The maximum atomic E-state index is 12.9. The van der Waals surface area contributed by atoms with Gasteiger partial charge in [0.1, 0.15) is 13.2 Å². The van der Waals surface area contributed by atoms with Crippen molar-refractivity contribution in [2.75, 3.05) is 13.2 Å². The van der Waals surface area contributed by atoms with E-state index in [9.17, 15) is 14.4 Å². The van der Waals surface area contributed by atoms with Gasteiger partial charge in [-0.25, -0.2) is 0 Å². The van der Waals surface area contributed by atoms with Crippen LogP contribution in [0.15, 0.2) is 24.3 Å². The van der Waals surface area contributed by atoms with Crippen LogP contribution in [0.1, 0.15) is 342 Å². The van der Waals surface area contributed by atoms with Gasteiger partial charge in [-0.2, -0.15) is 0 Å². The van der Waals surface area contributed by atoms with E-state index < -0.39 is 6.10 Å². The van der Waals surface area contributed by atoms with Crippen LogP contribution in [0.5, 0.6) is 0 Å². The maximum absolute atomic E-state index is 12.9. The highest BCUT2D eigenvalue weighted by Crippen LogP contribution is 2.18. The first kappa shape index (κ1) is 66.9. The van der Waals surface area contributed by atoms with Crippen molar-refractivity contribution in [3.63, 3.8) is 0 Å². The van der Waals surface area contributed by atoms with Gasteiger partial charge in [0, 0.05) is 19.3 Å². The average Bonchev–Trinajstić information content (AvgIpc) is 3.35. The Morgan fingerprint density at radius 1 is 0.290 bits per heavy atom. The molecule has 0 amide bonds. The Kier molecular flexibility index (Phi) is 56.7. The van der Waals surface area contributed by atoms with E-state index >= 15 is 0 Å². The van der Waals surface area contributed by atoms with Gasteiger partial charge in [-0.3, -0.25) is 14.4 Å². The summed E-state index contributed by atoms with van der Waals surface area (Å²) in [6.07, 6.45) is 68.9. The third kappa shape index (κ3) is 56.7. The van der Waals surface area contributed by atoms with Crippen molar-refractivity contribution in [1.82, 2.24) is 0 Å². The molecule has 0 aromatic heterocycles. The van der Waals surface area contributed by atoms with Gasteiger partial charge in [-0.1, -0.05) is 295 Å². The highest BCUT2D eigenvalue weighted by molar-refractivity contribution is 5.71. The molecule has 6 nitrogen and oxygen atoms in total. The zero-order valence-corrected chi connectivity index (χ0v) is 46.6. The highest BCUT2D eigenvalue weighted by atomic mass is 16.6. The molecule has 406 valence electrons. The van der Waals surface area contributed by atoms with E-state index in [1.807, 2.05) is 0 Å². The zero-order valence-electron chi connectivity index (χ0n) is 46.6. The van der Waals surface area contributed by atoms with Crippen molar-refractivity contribution in [2.24, 2.45) is 0 Å². The van der Waals surface area contributed by atoms with Crippen molar-refractivity contribution in [2.45, 2.75) is 348 Å². The van der Waals surface area contributed by atoms with Crippen LogP contribution in [0, 0.1) is 0 Å². The molecule has 1 atom stereocenters. The van der Waals surface area contributed by atoms with Crippen LogP contribution in [0.3, 0.4) is 0 Å². The number of esters is 3. The summed E-state index contributed by atoms with van der Waals surface area (Å²) in [6.45, 7) is 6.67. The quantitative estimate of drug-likeness (QED) is 0.0261. The third-order valence-corrected chi connectivity index (χ3v) is 14.0. The lowest BCUT2D eigenvalue weighted by molar-refractivity contribution is -0.167. The molecule has 0 radical (unpaired) electrons. The van der Waals surface area contributed by atoms with Gasteiger partial charge >= 0.3 is 17.9 Å². The molecule has 0 aliphatic rings. The fourth-order valence-corrected chi connectivity index (χ4v) is 9.30. The fraction of sp³-hybridized carbons (Fsp3) is 0.889. The number of hydrogen-bond acceptors (Lipinski definition) is 6. The van der Waals surface area contributed by atoms with Gasteiger partial charge in [0.25, 0.3) is 0 Å². The van der Waals surface area contributed by atoms with Gasteiger partial charge in [0.2, 0.25) is 0 Å². The number of unbranched alkanes of at least 4 members (excludes halogenated alkanes) is 42. The number of rotatable bonds is 57. The van der Waals surface area contributed by atoms with Crippen molar-refractivity contribution in [1.29, 1.82) is 0 Å². The predicted molar refractivity (Wildman–Crippen MR) is 298 cm³/mol. The number of allylic oxidation sites excluding steroid dienone is 4. The van der Waals surface area contributed by atoms with E-state index in [2.05, 4.69) is 45.1 Å². The number of carbonyl (C=O) groups is 3. The molecule has 0 rings (SSSR count). The average molecular weight is 972 g/mol. The molecule has 69 heavy (non-hydrogen) atoms. The lowest BCUT2D eigenvalue weighted by Gasteiger charge is -2.18. The summed E-state index contributed by atoms with van der Waals surface area (Å²) in [5, 5.41) is 0. The predicted octanol–water partition coefficient (Wildman–Crippen LogP) is 20.7. The molecular weight excluding hydrogens is 853 g/mol. The van der Waals surface area contributed by atoms with E-state index in [4.69, 9.17) is 14.2 Å². The van der Waals surface area contributed by atoms with E-state index in [0.717, 1.165) is 77.0 Å². The van der Waals surface area contributed by atoms with Gasteiger partial charge in [-0.05, 0) is 51.4 Å². The Morgan fingerprint density at radius 3 is 0.826 bits per heavy atom. The number of carbonyl (C=O) groups excluding carboxylic acids is 3. The summed E-state index contributed by atoms with van der Waals surface area (Å²) < 4.78 is 16.9. The fourth-order valence-electron chi connectivity index (χ4n) is 9.30. The molecule has 0 N–H and O–H groups in total. The van der Waals surface area contributed by atoms with E-state index in [-0.39, 0.29) is 31.1 Å². The van der Waals surface area contributed by atoms with Crippen LogP contribution in [-0.4, -0.2) is 37.2 Å². The van der Waals surface area contributed by atoms with Gasteiger partial charge in [-0.15, -0.1) is 0 Å². The standard InChI is InChI=1S/C63H118O6/c1-4-7-10-13-16-19-22-25-28-30-31-33-36-39-42-45-48-51-54-57-63(66)69-60(58-67-61(64)55-52-49-46-43-40-37-34-27-24-21-18-15-12-9-6-3)59-68-62(65)56-53-50-47-44-41-38-35-32-29-26-23-20-17-14-11-8-5-2/h18,21,27,34,60H,4-17,19-20,22-26,28-33,35-59H2,1-3H3/b21-18-,34-27-/t60-/m1/s1. The normalized spacial score (nSPS) is 12.1. The van der Waals surface area contributed by atoms with Crippen molar-refractivity contribution in [3.8, 4) is 0 Å². The summed E-state index contributed by atoms with van der Waals surface area (Å²) in [4.78, 5) is 38.2. The van der Waals surface area contributed by atoms with Crippen LogP contribution >= 0.6 is 0 Å². The zero-order chi connectivity index (χ0) is 50.0. The third-order valence-electron chi connectivity index (χ3n) is 14.0. The summed E-state index contributed by atoms with van der Waals surface area (Å²) in [6, 6.07) is 0. The molecule has 0 saturated carbocycles. The summed E-state index contributed by atoms with van der Waals surface area (Å²) in [7, 11) is 0. The molecule has 6 heteroatoms. The lowest BCUT2D eigenvalue weighted by Crippen LogP contribution is -2.30. The summed E-state index contributed by atoms with van der Waals surface area (Å²) in [5.41, 5.74) is 0. The molecule has 0 unspecified atom stereocenters. The van der Waals surface area contributed by atoms with Crippen molar-refractivity contribution < 1.29 is 28.6 Å². The van der Waals surface area contributed by atoms with Crippen molar-refractivity contribution in [3.05, 3.63) is 24.3 Å². The second-order valence-corrected chi connectivity index (χ2v) is 21.0. The Labute approximate surface area is 430 Å². The van der Waals surface area contributed by atoms with E-state index in [1.54, 1.807) is 0 Å². The van der Waals surface area contributed by atoms with Crippen LogP contribution in [0.2, 0.25) is 0 Å². The molecule has 0 aromatic rings. The van der Waals surface area contributed by atoms with Crippen LogP contribution in [0.25, 0.3) is 0 Å². The maximum Gasteiger partial charge on any atom is 0.306 e.